The molecule has 4 rings (SSSR count). The lowest BCUT2D eigenvalue weighted by Crippen LogP contribution is -2.22. The van der Waals surface area contributed by atoms with Crippen molar-refractivity contribution in [2.45, 2.75) is 24.0 Å². The fourth-order valence-electron chi connectivity index (χ4n) is 3.28. The quantitative estimate of drug-likeness (QED) is 0.357. The SMILES string of the molecule is O=CSCc1ncnn1C[C@]1(c2ccccc2Cl)O[C@@H]1c1ccc(Cl)cc1Cl. The van der Waals surface area contributed by atoms with E-state index in [-0.39, 0.29) is 6.10 Å². The second-order valence-corrected chi connectivity index (χ2v) is 8.34. The third-order valence-corrected chi connectivity index (χ3v) is 6.08. The lowest BCUT2D eigenvalue weighted by Gasteiger charge is -2.17. The molecule has 1 aliphatic rings. The van der Waals surface area contributed by atoms with E-state index >= 15 is 0 Å². The van der Waals surface area contributed by atoms with E-state index in [4.69, 9.17) is 39.5 Å². The molecule has 144 valence electrons. The summed E-state index contributed by atoms with van der Waals surface area (Å²) in [5, 5.41) is 6.00. The number of halogens is 3. The van der Waals surface area contributed by atoms with Crippen molar-refractivity contribution >= 4 is 52.2 Å². The molecule has 5 nitrogen and oxygen atoms in total. The Morgan fingerprint density at radius 2 is 2.00 bits per heavy atom. The molecule has 1 aliphatic heterocycles. The van der Waals surface area contributed by atoms with Crippen LogP contribution in [-0.4, -0.2) is 20.4 Å². The molecule has 1 aromatic heterocycles. The molecule has 0 spiro atoms. The summed E-state index contributed by atoms with van der Waals surface area (Å²) >= 11 is 20.1. The number of epoxide rings is 1. The molecule has 28 heavy (non-hydrogen) atoms. The first kappa shape index (κ1) is 19.7. The Balaban J connectivity index is 1.74. The number of carbonyl (C=O) groups excluding carboxylic acids is 1. The minimum atomic E-state index is -0.746. The Bertz CT molecular complexity index is 1030. The summed E-state index contributed by atoms with van der Waals surface area (Å²) in [5.74, 6) is 1.11. The molecule has 3 aromatic rings. The van der Waals surface area contributed by atoms with Gasteiger partial charge in [0.05, 0.1) is 12.3 Å². The number of nitrogens with zero attached hydrogens (tertiary/aromatic N) is 3. The zero-order valence-electron chi connectivity index (χ0n) is 14.4. The highest BCUT2D eigenvalue weighted by atomic mass is 35.5. The number of ether oxygens (including phenoxy) is 1. The number of benzene rings is 2. The second kappa shape index (κ2) is 8.05. The molecule has 1 fully saturated rings. The van der Waals surface area contributed by atoms with E-state index in [1.807, 2.05) is 30.3 Å². The van der Waals surface area contributed by atoms with Crippen LogP contribution in [0.1, 0.15) is 23.1 Å². The molecule has 0 bridgehead atoms. The third kappa shape index (κ3) is 3.67. The molecule has 0 aliphatic carbocycles. The number of thioether (sulfide) groups is 1. The molecule has 0 saturated carbocycles. The van der Waals surface area contributed by atoms with Crippen molar-refractivity contribution in [3.63, 3.8) is 0 Å². The van der Waals surface area contributed by atoms with Gasteiger partial charge in [0.25, 0.3) is 0 Å². The third-order valence-electron chi connectivity index (χ3n) is 4.63. The maximum Gasteiger partial charge on any atom is 0.176 e. The van der Waals surface area contributed by atoms with E-state index in [0.717, 1.165) is 28.5 Å². The topological polar surface area (TPSA) is 60.3 Å². The molecular formula is C19H14Cl3N3O2S. The van der Waals surface area contributed by atoms with E-state index < -0.39 is 5.60 Å². The average Bonchev–Trinajstić information content (AvgIpc) is 3.21. The number of hydrogen-bond acceptors (Lipinski definition) is 5. The zero-order valence-corrected chi connectivity index (χ0v) is 17.5. The highest BCUT2D eigenvalue weighted by Gasteiger charge is 2.60. The summed E-state index contributed by atoms with van der Waals surface area (Å²) in [5.41, 5.74) is 1.71. The Morgan fingerprint density at radius 3 is 2.75 bits per heavy atom. The largest absolute Gasteiger partial charge is 0.354 e. The first-order chi connectivity index (χ1) is 13.5. The van der Waals surface area contributed by atoms with Gasteiger partial charge >= 0.3 is 0 Å². The van der Waals surface area contributed by atoms with Gasteiger partial charge in [-0.25, -0.2) is 9.67 Å². The van der Waals surface area contributed by atoms with Crippen molar-refractivity contribution in [3.8, 4) is 0 Å². The van der Waals surface area contributed by atoms with Crippen LogP contribution < -0.4 is 0 Å². The van der Waals surface area contributed by atoms with Crippen molar-refractivity contribution in [1.29, 1.82) is 0 Å². The van der Waals surface area contributed by atoms with Gasteiger partial charge < -0.3 is 4.74 Å². The number of aromatic nitrogens is 3. The van der Waals surface area contributed by atoms with Crippen LogP contribution in [0.4, 0.5) is 0 Å². The van der Waals surface area contributed by atoms with Crippen molar-refractivity contribution in [2.24, 2.45) is 0 Å². The van der Waals surface area contributed by atoms with Gasteiger partial charge in [-0.1, -0.05) is 70.8 Å². The molecule has 2 atom stereocenters. The van der Waals surface area contributed by atoms with Crippen LogP contribution in [0.25, 0.3) is 0 Å². The van der Waals surface area contributed by atoms with E-state index in [1.54, 1.807) is 16.8 Å². The molecule has 2 heterocycles. The molecule has 9 heteroatoms. The predicted molar refractivity (Wildman–Crippen MR) is 111 cm³/mol. The van der Waals surface area contributed by atoms with E-state index in [2.05, 4.69) is 10.1 Å². The van der Waals surface area contributed by atoms with Gasteiger partial charge in [-0.15, -0.1) is 0 Å². The van der Waals surface area contributed by atoms with Gasteiger partial charge in [0.1, 0.15) is 23.9 Å². The van der Waals surface area contributed by atoms with Gasteiger partial charge in [0.2, 0.25) is 0 Å². The minimum absolute atomic E-state index is 0.312. The molecule has 0 N–H and O–H groups in total. The summed E-state index contributed by atoms with van der Waals surface area (Å²) < 4.78 is 7.97. The van der Waals surface area contributed by atoms with Crippen LogP contribution >= 0.6 is 46.6 Å². The second-order valence-electron chi connectivity index (χ2n) is 6.27. The lowest BCUT2D eigenvalue weighted by atomic mass is 9.91. The first-order valence-electron chi connectivity index (χ1n) is 8.35. The van der Waals surface area contributed by atoms with Gasteiger partial charge in [0, 0.05) is 26.2 Å². The van der Waals surface area contributed by atoms with E-state index in [1.165, 1.54) is 6.33 Å². The monoisotopic (exact) mass is 453 g/mol. The zero-order chi connectivity index (χ0) is 19.7. The van der Waals surface area contributed by atoms with Gasteiger partial charge in [0.15, 0.2) is 5.62 Å². The Morgan fingerprint density at radius 1 is 1.18 bits per heavy atom. The van der Waals surface area contributed by atoms with Gasteiger partial charge in [-0.3, -0.25) is 4.79 Å². The van der Waals surface area contributed by atoms with Crippen LogP contribution in [-0.2, 0) is 27.4 Å². The molecule has 0 amide bonds. The molecule has 0 radical (unpaired) electrons. The Hall–Kier alpha value is -1.57. The van der Waals surface area contributed by atoms with E-state index in [0.29, 0.717) is 33.2 Å². The minimum Gasteiger partial charge on any atom is -0.354 e. The van der Waals surface area contributed by atoms with Crippen molar-refractivity contribution in [2.75, 3.05) is 0 Å². The summed E-state index contributed by atoms with van der Waals surface area (Å²) in [6.45, 7) is 0.384. The van der Waals surface area contributed by atoms with Crippen LogP contribution in [0.5, 0.6) is 0 Å². The fourth-order valence-corrected chi connectivity index (χ4v) is 4.53. The number of hydrogen-bond donors (Lipinski definition) is 0. The summed E-state index contributed by atoms with van der Waals surface area (Å²) in [4.78, 5) is 15.0. The Kier molecular flexibility index (Phi) is 5.67. The fraction of sp³-hybridized carbons (Fsp3) is 0.211. The average molecular weight is 455 g/mol. The Labute approximate surface area is 180 Å². The van der Waals surface area contributed by atoms with Gasteiger partial charge in [-0.05, 0) is 18.2 Å². The predicted octanol–water partition coefficient (Wildman–Crippen LogP) is 5.33. The molecule has 0 unspecified atom stereocenters. The maximum absolute atomic E-state index is 10.7. The van der Waals surface area contributed by atoms with Gasteiger partial charge in [-0.2, -0.15) is 5.10 Å². The van der Waals surface area contributed by atoms with Crippen molar-refractivity contribution in [3.05, 3.63) is 80.8 Å². The molecule has 2 aromatic carbocycles. The first-order valence-corrected chi connectivity index (χ1v) is 10.5. The van der Waals surface area contributed by atoms with Crippen molar-refractivity contribution in [1.82, 2.24) is 14.8 Å². The standard InChI is InChI=1S/C19H14Cl3N3O2S/c20-12-5-6-13(16(22)7-12)18-19(27-18,14-3-1-2-4-15(14)21)9-25-17(8-28-11-26)23-10-24-25/h1-7,10-11,18H,8-9H2/t18-,19-/m1/s1. The summed E-state index contributed by atoms with van der Waals surface area (Å²) in [7, 11) is 0. The maximum atomic E-state index is 10.7. The summed E-state index contributed by atoms with van der Waals surface area (Å²) in [6.07, 6.45) is 1.15. The molecular weight excluding hydrogens is 441 g/mol. The number of carbonyl (C=O) groups is 1. The van der Waals surface area contributed by atoms with Crippen LogP contribution in [0.3, 0.4) is 0 Å². The number of rotatable bonds is 7. The normalized spacial score (nSPS) is 20.9. The lowest BCUT2D eigenvalue weighted by molar-refractivity contribution is 0.261. The van der Waals surface area contributed by atoms with Crippen LogP contribution in [0, 0.1) is 0 Å². The highest BCUT2D eigenvalue weighted by molar-refractivity contribution is 8.11. The van der Waals surface area contributed by atoms with Crippen LogP contribution in [0.2, 0.25) is 15.1 Å². The smallest absolute Gasteiger partial charge is 0.176 e. The van der Waals surface area contributed by atoms with Crippen LogP contribution in [0.15, 0.2) is 48.8 Å². The summed E-state index contributed by atoms with van der Waals surface area (Å²) in [6, 6.07) is 12.9. The van der Waals surface area contributed by atoms with E-state index in [9.17, 15) is 4.79 Å². The molecule has 1 saturated heterocycles. The highest BCUT2D eigenvalue weighted by Crippen LogP contribution is 2.60. The van der Waals surface area contributed by atoms with Crippen molar-refractivity contribution < 1.29 is 9.53 Å².